The van der Waals surface area contributed by atoms with Gasteiger partial charge in [0.25, 0.3) is 0 Å². The van der Waals surface area contributed by atoms with E-state index in [1.54, 1.807) is 0 Å². The van der Waals surface area contributed by atoms with E-state index in [4.69, 9.17) is 5.11 Å². The van der Waals surface area contributed by atoms with Crippen LogP contribution in [0.5, 0.6) is 0 Å². The molecule has 1 N–H and O–H groups in total. The summed E-state index contributed by atoms with van der Waals surface area (Å²) in [6, 6.07) is 2.84. The van der Waals surface area contributed by atoms with Crippen molar-refractivity contribution in [2.24, 2.45) is 0 Å². The molecule has 0 spiro atoms. The lowest BCUT2D eigenvalue weighted by atomic mass is 10.1. The molecule has 0 aliphatic heterocycles. The molecule has 1 aromatic carbocycles. The molecule has 0 aliphatic rings. The van der Waals surface area contributed by atoms with E-state index in [-0.39, 0.29) is 12.1 Å². The summed E-state index contributed by atoms with van der Waals surface area (Å²) in [4.78, 5) is -0.443. The third-order valence-corrected chi connectivity index (χ3v) is 4.49. The number of benzene rings is 1. The Labute approximate surface area is 109 Å². The van der Waals surface area contributed by atoms with Gasteiger partial charge in [-0.3, -0.25) is 0 Å². The second-order valence-corrected chi connectivity index (χ2v) is 6.07. The van der Waals surface area contributed by atoms with Gasteiger partial charge in [0.1, 0.15) is 0 Å². The summed E-state index contributed by atoms with van der Waals surface area (Å²) in [5, 5.41) is 8.69. The fourth-order valence-corrected chi connectivity index (χ4v) is 2.70. The number of likely N-dealkylation sites (N-methyl/N-ethyl adjacent to an activating group) is 1. The third-order valence-electron chi connectivity index (χ3n) is 2.64. The fraction of sp³-hybridized carbons (Fsp3) is 0.455. The molecule has 0 saturated carbocycles. The Morgan fingerprint density at radius 3 is 2.37 bits per heavy atom. The summed E-state index contributed by atoms with van der Waals surface area (Å²) >= 11 is 0. The van der Waals surface area contributed by atoms with E-state index in [2.05, 4.69) is 0 Å². The van der Waals surface area contributed by atoms with Crippen LogP contribution >= 0.6 is 0 Å². The maximum atomic E-state index is 12.7. The van der Waals surface area contributed by atoms with E-state index in [0.29, 0.717) is 6.07 Å². The molecule has 0 heterocycles. The lowest BCUT2D eigenvalue weighted by Crippen LogP contribution is -2.30. The van der Waals surface area contributed by atoms with Crippen molar-refractivity contribution in [3.05, 3.63) is 29.3 Å². The summed E-state index contributed by atoms with van der Waals surface area (Å²) in [5.74, 6) is 0. The lowest BCUT2D eigenvalue weighted by molar-refractivity contribution is -0.138. The summed E-state index contributed by atoms with van der Waals surface area (Å²) in [5.41, 5.74) is -1.03. The Morgan fingerprint density at radius 1 is 1.32 bits per heavy atom. The van der Waals surface area contributed by atoms with Gasteiger partial charge < -0.3 is 5.11 Å². The van der Waals surface area contributed by atoms with Gasteiger partial charge >= 0.3 is 6.18 Å². The molecule has 0 fully saturated rings. The standard InChI is InChI=1S/C11H14F3NO3S/c1-8-3-4-9(7-10(8)11(12,13)14)19(17,18)15(2)5-6-16/h3-4,7,16H,5-6H2,1-2H3. The Balaban J connectivity index is 3.30. The van der Waals surface area contributed by atoms with Crippen LogP contribution in [0.25, 0.3) is 0 Å². The molecule has 0 saturated heterocycles. The van der Waals surface area contributed by atoms with E-state index >= 15 is 0 Å². The summed E-state index contributed by atoms with van der Waals surface area (Å²) in [6.07, 6.45) is -4.61. The van der Waals surface area contributed by atoms with Crippen molar-refractivity contribution in [1.29, 1.82) is 0 Å². The molecule has 0 bridgehead atoms. The highest BCUT2D eigenvalue weighted by molar-refractivity contribution is 7.89. The molecule has 0 amide bonds. The number of alkyl halides is 3. The van der Waals surface area contributed by atoms with Gasteiger partial charge in [-0.1, -0.05) is 6.07 Å². The van der Waals surface area contributed by atoms with Crippen LogP contribution in [0.3, 0.4) is 0 Å². The number of rotatable bonds is 4. The first-order valence-corrected chi connectivity index (χ1v) is 6.79. The maximum Gasteiger partial charge on any atom is 0.416 e. The van der Waals surface area contributed by atoms with E-state index in [9.17, 15) is 21.6 Å². The van der Waals surface area contributed by atoms with Gasteiger partial charge in [-0.15, -0.1) is 0 Å². The average molecular weight is 297 g/mol. The van der Waals surface area contributed by atoms with Crippen LogP contribution in [0, 0.1) is 6.92 Å². The minimum Gasteiger partial charge on any atom is -0.395 e. The Morgan fingerprint density at radius 2 is 1.89 bits per heavy atom. The van der Waals surface area contributed by atoms with Crippen LogP contribution in [-0.2, 0) is 16.2 Å². The topological polar surface area (TPSA) is 57.6 Å². The zero-order valence-electron chi connectivity index (χ0n) is 10.4. The third kappa shape index (κ3) is 3.46. The van der Waals surface area contributed by atoms with E-state index < -0.39 is 33.3 Å². The van der Waals surface area contributed by atoms with Crippen molar-refractivity contribution in [2.75, 3.05) is 20.2 Å². The van der Waals surface area contributed by atoms with E-state index in [1.165, 1.54) is 14.0 Å². The van der Waals surface area contributed by atoms with Gasteiger partial charge in [-0.05, 0) is 24.6 Å². The molecule has 4 nitrogen and oxygen atoms in total. The molecule has 0 atom stereocenters. The van der Waals surface area contributed by atoms with Crippen LogP contribution in [0.2, 0.25) is 0 Å². The van der Waals surface area contributed by atoms with Crippen molar-refractivity contribution in [2.45, 2.75) is 18.0 Å². The number of hydrogen-bond donors (Lipinski definition) is 1. The molecule has 1 aromatic rings. The molecule has 0 aromatic heterocycles. The number of halogens is 3. The molecular weight excluding hydrogens is 283 g/mol. The molecule has 108 valence electrons. The quantitative estimate of drug-likeness (QED) is 0.919. The summed E-state index contributed by atoms with van der Waals surface area (Å²) in [7, 11) is -2.83. The predicted octanol–water partition coefficient (Wildman–Crippen LogP) is 1.63. The van der Waals surface area contributed by atoms with Crippen molar-refractivity contribution in [3.63, 3.8) is 0 Å². The average Bonchev–Trinajstić information content (AvgIpc) is 2.28. The van der Waals surface area contributed by atoms with Crippen LogP contribution < -0.4 is 0 Å². The first-order valence-electron chi connectivity index (χ1n) is 5.35. The van der Waals surface area contributed by atoms with Gasteiger partial charge in [-0.2, -0.15) is 17.5 Å². The highest BCUT2D eigenvalue weighted by Crippen LogP contribution is 2.33. The van der Waals surface area contributed by atoms with Gasteiger partial charge in [0.05, 0.1) is 17.1 Å². The van der Waals surface area contributed by atoms with Crippen molar-refractivity contribution < 1.29 is 26.7 Å². The molecule has 0 unspecified atom stereocenters. The lowest BCUT2D eigenvalue weighted by Gasteiger charge is -2.17. The van der Waals surface area contributed by atoms with Crippen LogP contribution in [0.1, 0.15) is 11.1 Å². The first-order chi connectivity index (χ1) is 8.60. The first kappa shape index (κ1) is 15.9. The zero-order chi connectivity index (χ0) is 14.8. The minimum absolute atomic E-state index is 0.0451. The van der Waals surface area contributed by atoms with Gasteiger partial charge in [0.15, 0.2) is 0 Å². The smallest absolute Gasteiger partial charge is 0.395 e. The molecule has 8 heteroatoms. The monoisotopic (exact) mass is 297 g/mol. The molecular formula is C11H14F3NO3S. The van der Waals surface area contributed by atoms with Crippen LogP contribution in [-0.4, -0.2) is 38.0 Å². The molecule has 0 aliphatic carbocycles. The van der Waals surface area contributed by atoms with Gasteiger partial charge in [0, 0.05) is 13.6 Å². The number of aliphatic hydroxyl groups is 1. The van der Waals surface area contributed by atoms with Gasteiger partial charge in [0.2, 0.25) is 10.0 Å². The van der Waals surface area contributed by atoms with Crippen LogP contribution in [0.4, 0.5) is 13.2 Å². The van der Waals surface area contributed by atoms with Crippen LogP contribution in [0.15, 0.2) is 23.1 Å². The second kappa shape index (κ2) is 5.48. The Kier molecular flexibility index (Phi) is 4.59. The highest BCUT2D eigenvalue weighted by atomic mass is 32.2. The van der Waals surface area contributed by atoms with E-state index in [0.717, 1.165) is 16.4 Å². The molecule has 0 radical (unpaired) electrons. The van der Waals surface area contributed by atoms with E-state index in [1.807, 2.05) is 0 Å². The highest BCUT2D eigenvalue weighted by Gasteiger charge is 2.34. The summed E-state index contributed by atoms with van der Waals surface area (Å²) in [6.45, 7) is 0.669. The molecule has 1 rings (SSSR count). The fourth-order valence-electron chi connectivity index (χ4n) is 1.51. The number of aliphatic hydroxyl groups excluding tert-OH is 1. The largest absolute Gasteiger partial charge is 0.416 e. The zero-order valence-corrected chi connectivity index (χ0v) is 11.2. The SMILES string of the molecule is Cc1ccc(S(=O)(=O)N(C)CCO)cc1C(F)(F)F. The van der Waals surface area contributed by atoms with Crippen molar-refractivity contribution in [1.82, 2.24) is 4.31 Å². The summed E-state index contributed by atoms with van der Waals surface area (Å²) < 4.78 is 62.9. The number of aryl methyl sites for hydroxylation is 1. The normalized spacial score (nSPS) is 13.0. The number of sulfonamides is 1. The van der Waals surface area contributed by atoms with Crippen molar-refractivity contribution in [3.8, 4) is 0 Å². The second-order valence-electron chi connectivity index (χ2n) is 4.02. The molecule has 19 heavy (non-hydrogen) atoms. The maximum absolute atomic E-state index is 12.7. The predicted molar refractivity (Wildman–Crippen MR) is 63.1 cm³/mol. The minimum atomic E-state index is -4.61. The van der Waals surface area contributed by atoms with Gasteiger partial charge in [-0.25, -0.2) is 8.42 Å². The Hall–Kier alpha value is -1.12. The number of nitrogens with zero attached hydrogens (tertiary/aromatic N) is 1. The Bertz CT molecular complexity index is 555. The number of hydrogen-bond acceptors (Lipinski definition) is 3. The van der Waals surface area contributed by atoms with Crippen molar-refractivity contribution >= 4 is 10.0 Å².